The molecule has 0 bridgehead atoms. The minimum Gasteiger partial charge on any atom is -0.291 e. The Labute approximate surface area is 146 Å². The fourth-order valence-corrected chi connectivity index (χ4v) is 4.24. The number of nitrogens with one attached hydrogen (secondary N) is 2. The van der Waals surface area contributed by atoms with Gasteiger partial charge in [0.05, 0.1) is 0 Å². The number of nitrogens with zero attached hydrogens (tertiary/aromatic N) is 1. The number of fused-ring (bicyclic) bond motifs is 1. The molecule has 4 nitrogen and oxygen atoms in total. The van der Waals surface area contributed by atoms with Gasteiger partial charge in [0.25, 0.3) is 0 Å². The molecule has 2 heterocycles. The van der Waals surface area contributed by atoms with Crippen LogP contribution in [0.1, 0.15) is 31.2 Å². The number of amides is 1. The lowest BCUT2D eigenvalue weighted by molar-refractivity contribution is -0.133. The third kappa shape index (κ3) is 3.29. The van der Waals surface area contributed by atoms with Crippen molar-refractivity contribution in [2.24, 2.45) is 11.8 Å². The molecule has 4 rings (SSSR count). The molecule has 1 amide bonds. The number of aromatic nitrogens is 1. The zero-order chi connectivity index (χ0) is 17.2. The van der Waals surface area contributed by atoms with Gasteiger partial charge in [-0.3, -0.25) is 15.2 Å². The van der Waals surface area contributed by atoms with Crippen LogP contribution in [-0.2, 0) is 11.2 Å². The van der Waals surface area contributed by atoms with Crippen LogP contribution in [0.2, 0.25) is 0 Å². The average molecular weight is 339 g/mol. The van der Waals surface area contributed by atoms with E-state index < -0.39 is 0 Å². The van der Waals surface area contributed by atoms with Gasteiger partial charge in [0.2, 0.25) is 5.91 Å². The molecular weight excluding hydrogens is 317 g/mol. The quantitative estimate of drug-likeness (QED) is 0.903. The maximum Gasteiger partial charge on any atom is 0.237 e. The van der Waals surface area contributed by atoms with Gasteiger partial charge >= 0.3 is 0 Å². The van der Waals surface area contributed by atoms with Crippen LogP contribution in [0.15, 0.2) is 42.7 Å². The number of rotatable bonds is 3. The number of carbonyl (C=O) groups is 1. The van der Waals surface area contributed by atoms with E-state index in [9.17, 15) is 9.18 Å². The van der Waals surface area contributed by atoms with Crippen LogP contribution in [0.25, 0.3) is 11.1 Å². The second-order valence-electron chi connectivity index (χ2n) is 7.05. The second kappa shape index (κ2) is 6.92. The van der Waals surface area contributed by atoms with Gasteiger partial charge in [0, 0.05) is 29.9 Å². The minimum atomic E-state index is -0.226. The van der Waals surface area contributed by atoms with E-state index in [1.807, 2.05) is 24.3 Å². The number of halogens is 1. The van der Waals surface area contributed by atoms with Crippen molar-refractivity contribution in [1.82, 2.24) is 15.8 Å². The molecule has 1 aliphatic heterocycles. The van der Waals surface area contributed by atoms with Crippen molar-refractivity contribution in [3.8, 4) is 11.1 Å². The highest BCUT2D eigenvalue weighted by Gasteiger charge is 2.39. The highest BCUT2D eigenvalue weighted by molar-refractivity contribution is 5.79. The predicted octanol–water partition coefficient (Wildman–Crippen LogP) is 3.24. The van der Waals surface area contributed by atoms with Crippen molar-refractivity contribution < 1.29 is 9.18 Å². The Balaban J connectivity index is 1.57. The highest BCUT2D eigenvalue weighted by atomic mass is 19.1. The Kier molecular flexibility index (Phi) is 4.49. The zero-order valence-corrected chi connectivity index (χ0v) is 14.0. The van der Waals surface area contributed by atoms with Gasteiger partial charge < -0.3 is 0 Å². The van der Waals surface area contributed by atoms with Crippen molar-refractivity contribution >= 4 is 5.91 Å². The Morgan fingerprint density at radius 3 is 2.76 bits per heavy atom. The Morgan fingerprint density at radius 2 is 1.92 bits per heavy atom. The summed E-state index contributed by atoms with van der Waals surface area (Å²) < 4.78 is 14.3. The van der Waals surface area contributed by atoms with Crippen LogP contribution in [0.4, 0.5) is 4.39 Å². The van der Waals surface area contributed by atoms with E-state index in [-0.39, 0.29) is 23.7 Å². The molecule has 0 radical (unpaired) electrons. The summed E-state index contributed by atoms with van der Waals surface area (Å²) in [6.45, 7) is 0. The molecule has 3 unspecified atom stereocenters. The minimum absolute atomic E-state index is 0.111. The van der Waals surface area contributed by atoms with Crippen LogP contribution in [0.5, 0.6) is 0 Å². The van der Waals surface area contributed by atoms with Crippen LogP contribution in [0, 0.1) is 17.7 Å². The normalized spacial score (nSPS) is 26.0. The summed E-state index contributed by atoms with van der Waals surface area (Å²) in [4.78, 5) is 16.1. The fourth-order valence-electron chi connectivity index (χ4n) is 4.24. The van der Waals surface area contributed by atoms with Gasteiger partial charge in [-0.15, -0.1) is 0 Å². The van der Waals surface area contributed by atoms with Crippen molar-refractivity contribution in [2.45, 2.75) is 38.1 Å². The lowest BCUT2D eigenvalue weighted by atomic mass is 9.72. The van der Waals surface area contributed by atoms with Crippen molar-refractivity contribution in [3.63, 3.8) is 0 Å². The summed E-state index contributed by atoms with van der Waals surface area (Å²) in [7, 11) is 0. The molecule has 3 atom stereocenters. The van der Waals surface area contributed by atoms with E-state index in [1.165, 1.54) is 12.5 Å². The molecule has 25 heavy (non-hydrogen) atoms. The van der Waals surface area contributed by atoms with E-state index >= 15 is 0 Å². The third-order valence-electron chi connectivity index (χ3n) is 5.53. The molecule has 1 saturated carbocycles. The van der Waals surface area contributed by atoms with Crippen LogP contribution in [-0.4, -0.2) is 16.9 Å². The van der Waals surface area contributed by atoms with Crippen LogP contribution < -0.4 is 10.9 Å². The SMILES string of the molecule is O=C1NNC(Cc2ccc(F)c(-c3ccncc3)c2)C2CCCCC12. The van der Waals surface area contributed by atoms with E-state index in [0.29, 0.717) is 11.5 Å². The standard InChI is InChI=1S/C20H22FN3O/c21-18-6-5-13(11-17(18)14-7-9-22-10-8-14)12-19-15-3-1-2-4-16(15)20(25)24-23-19/h5-11,15-16,19,23H,1-4,12H2,(H,24,25). The fraction of sp³-hybridized carbons (Fsp3) is 0.400. The number of carbonyl (C=O) groups excluding carboxylic acids is 1. The molecule has 5 heteroatoms. The first kappa shape index (κ1) is 16.2. The molecule has 2 N–H and O–H groups in total. The Hall–Kier alpha value is -2.27. The van der Waals surface area contributed by atoms with Gasteiger partial charge in [0.1, 0.15) is 5.82 Å². The highest BCUT2D eigenvalue weighted by Crippen LogP contribution is 2.35. The molecule has 1 aliphatic carbocycles. The summed E-state index contributed by atoms with van der Waals surface area (Å²) >= 11 is 0. The third-order valence-corrected chi connectivity index (χ3v) is 5.53. The van der Waals surface area contributed by atoms with E-state index in [4.69, 9.17) is 0 Å². The Morgan fingerprint density at radius 1 is 1.12 bits per heavy atom. The number of hydrogen-bond acceptors (Lipinski definition) is 3. The van der Waals surface area contributed by atoms with Gasteiger partial charge in [-0.2, -0.15) is 0 Å². The maximum absolute atomic E-state index is 14.3. The summed E-state index contributed by atoms with van der Waals surface area (Å²) in [6, 6.07) is 9.12. The maximum atomic E-state index is 14.3. The predicted molar refractivity (Wildman–Crippen MR) is 93.8 cm³/mol. The lowest BCUT2D eigenvalue weighted by Gasteiger charge is -2.41. The topological polar surface area (TPSA) is 54.0 Å². The second-order valence-corrected chi connectivity index (χ2v) is 7.05. The van der Waals surface area contributed by atoms with Crippen LogP contribution >= 0.6 is 0 Å². The monoisotopic (exact) mass is 339 g/mol. The first-order valence-corrected chi connectivity index (χ1v) is 8.96. The van der Waals surface area contributed by atoms with E-state index in [0.717, 1.165) is 36.8 Å². The molecule has 1 aromatic carbocycles. The van der Waals surface area contributed by atoms with Gasteiger partial charge in [0.15, 0.2) is 0 Å². The van der Waals surface area contributed by atoms with Gasteiger partial charge in [-0.1, -0.05) is 18.9 Å². The van der Waals surface area contributed by atoms with Crippen molar-refractivity contribution in [1.29, 1.82) is 0 Å². The number of hydrogen-bond donors (Lipinski definition) is 2. The molecule has 1 aromatic heterocycles. The summed E-state index contributed by atoms with van der Waals surface area (Å²) in [5.74, 6) is 0.366. The van der Waals surface area contributed by atoms with Gasteiger partial charge in [-0.05, 0) is 60.6 Å². The summed E-state index contributed by atoms with van der Waals surface area (Å²) in [6.07, 6.45) is 8.48. The molecule has 0 spiro atoms. The smallest absolute Gasteiger partial charge is 0.237 e. The molecule has 130 valence electrons. The summed E-state index contributed by atoms with van der Waals surface area (Å²) in [5.41, 5.74) is 8.53. The van der Waals surface area contributed by atoms with E-state index in [2.05, 4.69) is 15.8 Å². The number of hydrazine groups is 1. The average Bonchev–Trinajstić information content (AvgIpc) is 2.66. The molecule has 2 aliphatic rings. The largest absolute Gasteiger partial charge is 0.291 e. The van der Waals surface area contributed by atoms with Gasteiger partial charge in [-0.25, -0.2) is 9.82 Å². The van der Waals surface area contributed by atoms with Crippen molar-refractivity contribution in [2.75, 3.05) is 0 Å². The molecular formula is C20H22FN3O. The first-order chi connectivity index (χ1) is 12.2. The van der Waals surface area contributed by atoms with Crippen LogP contribution in [0.3, 0.4) is 0 Å². The number of pyridine rings is 1. The molecule has 2 aromatic rings. The summed E-state index contributed by atoms with van der Waals surface area (Å²) in [5, 5.41) is 0. The van der Waals surface area contributed by atoms with E-state index in [1.54, 1.807) is 12.4 Å². The zero-order valence-electron chi connectivity index (χ0n) is 14.0. The molecule has 2 fully saturated rings. The first-order valence-electron chi connectivity index (χ1n) is 8.96. The lowest BCUT2D eigenvalue weighted by Crippen LogP contribution is -2.60. The van der Waals surface area contributed by atoms with Crippen molar-refractivity contribution in [3.05, 3.63) is 54.1 Å². The number of benzene rings is 1. The Bertz CT molecular complexity index is 765. The molecule has 1 saturated heterocycles.